The summed E-state index contributed by atoms with van der Waals surface area (Å²) in [7, 11) is 0. The average Bonchev–Trinajstić information content (AvgIpc) is 2.75. The Labute approximate surface area is 175 Å². The molecule has 1 aromatic carbocycles. The van der Waals surface area contributed by atoms with Crippen LogP contribution in [0.1, 0.15) is 44.1 Å². The highest BCUT2D eigenvalue weighted by molar-refractivity contribution is 5.91. The van der Waals surface area contributed by atoms with Gasteiger partial charge in [-0.25, -0.2) is 9.78 Å². The largest absolute Gasteiger partial charge is 0.492 e. The number of ether oxygens (including phenoxy) is 3. The van der Waals surface area contributed by atoms with E-state index in [0.717, 1.165) is 0 Å². The summed E-state index contributed by atoms with van der Waals surface area (Å²) in [6.45, 7) is 7.57. The van der Waals surface area contributed by atoms with E-state index in [0.29, 0.717) is 61.3 Å². The Bertz CT molecular complexity index is 924. The Balaban J connectivity index is 1.76. The number of aromatic nitrogens is 2. The molecule has 0 radical (unpaired) electrons. The molecule has 0 fully saturated rings. The molecule has 1 aliphatic rings. The van der Waals surface area contributed by atoms with E-state index >= 15 is 0 Å². The lowest BCUT2D eigenvalue weighted by Gasteiger charge is -2.28. The second-order valence-electron chi connectivity index (χ2n) is 6.65. The maximum absolute atomic E-state index is 12.8. The first-order valence-electron chi connectivity index (χ1n) is 10.2. The predicted octanol–water partition coefficient (Wildman–Crippen LogP) is 2.83. The molecule has 2 aromatic rings. The third kappa shape index (κ3) is 4.98. The molecule has 30 heavy (non-hydrogen) atoms. The normalized spacial score (nSPS) is 13.3. The van der Waals surface area contributed by atoms with Crippen molar-refractivity contribution in [1.82, 2.24) is 14.9 Å². The number of para-hydroxylation sites is 2. The molecule has 9 heteroatoms. The number of rotatable bonds is 8. The third-order valence-corrected chi connectivity index (χ3v) is 4.66. The SMILES string of the molecule is CCOc1ccccc1NC(=O)N1CCc2nc(C(OCC)OCC)[nH]c(=O)c2C1. The zero-order chi connectivity index (χ0) is 21.5. The highest BCUT2D eigenvalue weighted by atomic mass is 16.7. The molecular formula is C21H28N4O5. The zero-order valence-corrected chi connectivity index (χ0v) is 17.6. The maximum atomic E-state index is 12.8. The Morgan fingerprint density at radius 3 is 2.63 bits per heavy atom. The van der Waals surface area contributed by atoms with E-state index in [-0.39, 0.29) is 18.1 Å². The van der Waals surface area contributed by atoms with Crippen LogP contribution in [0.25, 0.3) is 0 Å². The van der Waals surface area contributed by atoms with Gasteiger partial charge < -0.3 is 29.4 Å². The molecule has 0 saturated heterocycles. The number of nitrogens with zero attached hydrogens (tertiary/aromatic N) is 2. The minimum absolute atomic E-state index is 0.175. The molecule has 2 heterocycles. The summed E-state index contributed by atoms with van der Waals surface area (Å²) in [4.78, 5) is 34.3. The number of fused-ring (bicyclic) bond motifs is 1. The maximum Gasteiger partial charge on any atom is 0.322 e. The van der Waals surface area contributed by atoms with E-state index < -0.39 is 6.29 Å². The van der Waals surface area contributed by atoms with Crippen LogP contribution in [0, 0.1) is 0 Å². The molecule has 0 saturated carbocycles. The highest BCUT2D eigenvalue weighted by Gasteiger charge is 2.26. The van der Waals surface area contributed by atoms with Crippen molar-refractivity contribution in [3.63, 3.8) is 0 Å². The van der Waals surface area contributed by atoms with Crippen LogP contribution in [-0.2, 0) is 22.4 Å². The number of hydrogen-bond donors (Lipinski definition) is 2. The molecule has 0 atom stereocenters. The van der Waals surface area contributed by atoms with Gasteiger partial charge in [-0.15, -0.1) is 0 Å². The Kier molecular flexibility index (Phi) is 7.42. The lowest BCUT2D eigenvalue weighted by atomic mass is 10.1. The topological polar surface area (TPSA) is 106 Å². The summed E-state index contributed by atoms with van der Waals surface area (Å²) < 4.78 is 16.6. The summed E-state index contributed by atoms with van der Waals surface area (Å²) in [5.41, 5.74) is 1.45. The lowest BCUT2D eigenvalue weighted by molar-refractivity contribution is -0.145. The number of aromatic amines is 1. The van der Waals surface area contributed by atoms with Crippen molar-refractivity contribution >= 4 is 11.7 Å². The van der Waals surface area contributed by atoms with Crippen LogP contribution >= 0.6 is 0 Å². The first-order chi connectivity index (χ1) is 14.6. The van der Waals surface area contributed by atoms with Gasteiger partial charge in [0, 0.05) is 26.2 Å². The van der Waals surface area contributed by atoms with Gasteiger partial charge >= 0.3 is 6.03 Å². The van der Waals surface area contributed by atoms with Gasteiger partial charge in [0.1, 0.15) is 5.75 Å². The number of nitrogens with one attached hydrogen (secondary N) is 2. The van der Waals surface area contributed by atoms with Crippen LogP contribution in [0.15, 0.2) is 29.1 Å². The third-order valence-electron chi connectivity index (χ3n) is 4.66. The fourth-order valence-corrected chi connectivity index (χ4v) is 3.28. The summed E-state index contributed by atoms with van der Waals surface area (Å²) in [5, 5.41) is 2.87. The van der Waals surface area contributed by atoms with Crippen molar-refractivity contribution < 1.29 is 19.0 Å². The predicted molar refractivity (Wildman–Crippen MR) is 112 cm³/mol. The summed E-state index contributed by atoms with van der Waals surface area (Å²) in [6.07, 6.45) is -0.244. The minimum Gasteiger partial charge on any atom is -0.492 e. The number of H-pyrrole nitrogens is 1. The van der Waals surface area contributed by atoms with E-state index in [1.165, 1.54) is 0 Å². The van der Waals surface area contributed by atoms with Crippen molar-refractivity contribution in [3.05, 3.63) is 51.7 Å². The van der Waals surface area contributed by atoms with E-state index in [9.17, 15) is 9.59 Å². The molecule has 0 bridgehead atoms. The first kappa shape index (κ1) is 21.8. The monoisotopic (exact) mass is 416 g/mol. The second-order valence-corrected chi connectivity index (χ2v) is 6.65. The van der Waals surface area contributed by atoms with Gasteiger partial charge in [0.05, 0.1) is 30.1 Å². The Hall–Kier alpha value is -2.91. The number of carbonyl (C=O) groups excluding carboxylic acids is 1. The summed E-state index contributed by atoms with van der Waals surface area (Å²) in [6, 6.07) is 6.96. The van der Waals surface area contributed by atoms with Crippen LogP contribution < -0.4 is 15.6 Å². The molecule has 1 aliphatic heterocycles. The van der Waals surface area contributed by atoms with Crippen LogP contribution in [-0.4, -0.2) is 47.3 Å². The van der Waals surface area contributed by atoms with Crippen LogP contribution in [0.4, 0.5) is 10.5 Å². The molecule has 162 valence electrons. The van der Waals surface area contributed by atoms with Gasteiger partial charge in [-0.3, -0.25) is 4.79 Å². The van der Waals surface area contributed by atoms with Crippen molar-refractivity contribution in [1.29, 1.82) is 0 Å². The van der Waals surface area contributed by atoms with Crippen molar-refractivity contribution in [2.45, 2.75) is 40.0 Å². The molecule has 1 aromatic heterocycles. The number of urea groups is 1. The summed E-state index contributed by atoms with van der Waals surface area (Å²) >= 11 is 0. The van der Waals surface area contributed by atoms with Crippen LogP contribution in [0.2, 0.25) is 0 Å². The minimum atomic E-state index is -0.714. The summed E-state index contributed by atoms with van der Waals surface area (Å²) in [5.74, 6) is 0.957. The van der Waals surface area contributed by atoms with E-state index in [2.05, 4.69) is 15.3 Å². The number of amides is 2. The van der Waals surface area contributed by atoms with Crippen molar-refractivity contribution in [2.75, 3.05) is 31.7 Å². The van der Waals surface area contributed by atoms with E-state index in [1.807, 2.05) is 32.9 Å². The number of carbonyl (C=O) groups is 1. The Morgan fingerprint density at radius 2 is 1.93 bits per heavy atom. The fourth-order valence-electron chi connectivity index (χ4n) is 3.28. The number of benzene rings is 1. The van der Waals surface area contributed by atoms with Gasteiger partial charge in [-0.2, -0.15) is 0 Å². The van der Waals surface area contributed by atoms with E-state index in [1.54, 1.807) is 17.0 Å². The smallest absolute Gasteiger partial charge is 0.322 e. The molecule has 2 amide bonds. The van der Waals surface area contributed by atoms with Gasteiger partial charge in [0.25, 0.3) is 5.56 Å². The quantitative estimate of drug-likeness (QED) is 0.641. The van der Waals surface area contributed by atoms with Gasteiger partial charge in [-0.1, -0.05) is 12.1 Å². The van der Waals surface area contributed by atoms with Crippen molar-refractivity contribution in [2.24, 2.45) is 0 Å². The lowest BCUT2D eigenvalue weighted by Crippen LogP contribution is -2.42. The van der Waals surface area contributed by atoms with Crippen molar-refractivity contribution in [3.8, 4) is 5.75 Å². The molecule has 3 rings (SSSR count). The standard InChI is InChI=1S/C21H28N4O5/c1-4-28-17-10-8-7-9-16(17)23-21(27)25-12-11-15-14(13-25)19(26)24-18(22-15)20(29-5-2)30-6-3/h7-10,20H,4-6,11-13H2,1-3H3,(H,23,27)(H,22,24,26). The molecule has 0 unspecified atom stereocenters. The fraction of sp³-hybridized carbons (Fsp3) is 0.476. The number of hydrogen-bond acceptors (Lipinski definition) is 6. The van der Waals surface area contributed by atoms with Crippen LogP contribution in [0.3, 0.4) is 0 Å². The molecule has 0 aliphatic carbocycles. The first-order valence-corrected chi connectivity index (χ1v) is 10.2. The van der Waals surface area contributed by atoms with Crippen LogP contribution in [0.5, 0.6) is 5.75 Å². The number of anilines is 1. The molecule has 2 N–H and O–H groups in total. The highest BCUT2D eigenvalue weighted by Crippen LogP contribution is 2.25. The average molecular weight is 416 g/mol. The van der Waals surface area contributed by atoms with Gasteiger partial charge in [0.2, 0.25) is 6.29 Å². The van der Waals surface area contributed by atoms with Gasteiger partial charge in [-0.05, 0) is 32.9 Å². The molecule has 9 nitrogen and oxygen atoms in total. The zero-order valence-electron chi connectivity index (χ0n) is 17.6. The van der Waals surface area contributed by atoms with E-state index in [4.69, 9.17) is 14.2 Å². The molecule has 0 spiro atoms. The van der Waals surface area contributed by atoms with Gasteiger partial charge in [0.15, 0.2) is 5.82 Å². The molecular weight excluding hydrogens is 388 g/mol. The second kappa shape index (κ2) is 10.2. The Morgan fingerprint density at radius 1 is 1.20 bits per heavy atom.